The zero-order valence-electron chi connectivity index (χ0n) is 18.2. The molecule has 0 radical (unpaired) electrons. The summed E-state index contributed by atoms with van der Waals surface area (Å²) in [4.78, 5) is 26.6. The summed E-state index contributed by atoms with van der Waals surface area (Å²) < 4.78 is 5.21. The number of benzene rings is 2. The van der Waals surface area contributed by atoms with Crippen molar-refractivity contribution in [3.05, 3.63) is 54.1 Å². The Hall–Kier alpha value is -3.22. The number of rotatable bonds is 8. The minimum absolute atomic E-state index is 0.274. The van der Waals surface area contributed by atoms with Gasteiger partial charge in [-0.15, -0.1) is 5.11 Å². The van der Waals surface area contributed by atoms with E-state index in [2.05, 4.69) is 15.5 Å². The molecule has 1 aliphatic rings. The maximum atomic E-state index is 12.5. The molecule has 1 amide bonds. The van der Waals surface area contributed by atoms with Crippen LogP contribution in [0.15, 0.2) is 58.8 Å². The Bertz CT molecular complexity index is 903. The van der Waals surface area contributed by atoms with Crippen molar-refractivity contribution >= 4 is 28.9 Å². The fourth-order valence-corrected chi connectivity index (χ4v) is 3.57. The topological polar surface area (TPSA) is 83.4 Å². The highest BCUT2D eigenvalue weighted by molar-refractivity contribution is 5.96. The summed E-state index contributed by atoms with van der Waals surface area (Å²) in [5.41, 5.74) is 2.41. The second kappa shape index (κ2) is 11.2. The van der Waals surface area contributed by atoms with Gasteiger partial charge in [-0.25, -0.2) is 4.79 Å². The number of carbonyl (C=O) groups excluding carboxylic acids is 2. The van der Waals surface area contributed by atoms with E-state index in [9.17, 15) is 9.59 Å². The Kier molecular flexibility index (Phi) is 8.15. The van der Waals surface area contributed by atoms with Crippen molar-refractivity contribution in [2.45, 2.75) is 32.1 Å². The van der Waals surface area contributed by atoms with E-state index in [0.717, 1.165) is 18.5 Å². The van der Waals surface area contributed by atoms with Gasteiger partial charge in [-0.2, -0.15) is 5.11 Å². The summed E-state index contributed by atoms with van der Waals surface area (Å²) in [5, 5.41) is 11.3. The summed E-state index contributed by atoms with van der Waals surface area (Å²) in [6.45, 7) is 0.344. The van der Waals surface area contributed by atoms with Crippen molar-refractivity contribution in [2.75, 3.05) is 32.1 Å². The number of carbonyl (C=O) groups is 2. The monoisotopic (exact) mass is 422 g/mol. The Morgan fingerprint density at radius 1 is 1.00 bits per heavy atom. The molecular weight excluding hydrogens is 392 g/mol. The van der Waals surface area contributed by atoms with Crippen LogP contribution in [-0.2, 0) is 9.53 Å². The SMILES string of the molecule is CN(C)c1ccc(N=Nc2ccccc2C(=O)OCC(=O)NCC2CCCCC2)cc1. The molecule has 7 nitrogen and oxygen atoms in total. The lowest BCUT2D eigenvalue weighted by Gasteiger charge is -2.21. The van der Waals surface area contributed by atoms with Gasteiger partial charge < -0.3 is 15.0 Å². The van der Waals surface area contributed by atoms with Gasteiger partial charge in [0.05, 0.1) is 11.3 Å². The van der Waals surface area contributed by atoms with Crippen molar-refractivity contribution in [1.29, 1.82) is 0 Å². The minimum Gasteiger partial charge on any atom is -0.452 e. The van der Waals surface area contributed by atoms with Gasteiger partial charge in [0, 0.05) is 26.3 Å². The van der Waals surface area contributed by atoms with Crippen molar-refractivity contribution in [1.82, 2.24) is 5.32 Å². The smallest absolute Gasteiger partial charge is 0.340 e. The van der Waals surface area contributed by atoms with Gasteiger partial charge in [-0.3, -0.25) is 4.79 Å². The van der Waals surface area contributed by atoms with Crippen LogP contribution in [0.25, 0.3) is 0 Å². The van der Waals surface area contributed by atoms with Crippen LogP contribution in [0.5, 0.6) is 0 Å². The summed E-state index contributed by atoms with van der Waals surface area (Å²) in [5.74, 6) is -0.342. The number of azo groups is 1. The molecule has 164 valence electrons. The molecule has 0 spiro atoms. The lowest BCUT2D eigenvalue weighted by atomic mass is 9.89. The maximum absolute atomic E-state index is 12.5. The highest BCUT2D eigenvalue weighted by Gasteiger charge is 2.17. The second-order valence-corrected chi connectivity index (χ2v) is 8.01. The first-order valence-electron chi connectivity index (χ1n) is 10.7. The lowest BCUT2D eigenvalue weighted by molar-refractivity contribution is -0.124. The fourth-order valence-electron chi connectivity index (χ4n) is 3.57. The van der Waals surface area contributed by atoms with Crippen molar-refractivity contribution in [3.8, 4) is 0 Å². The largest absolute Gasteiger partial charge is 0.452 e. The predicted octanol–water partition coefficient (Wildman–Crippen LogP) is 5.02. The summed E-state index contributed by atoms with van der Waals surface area (Å²) in [6.07, 6.45) is 6.02. The Labute approximate surface area is 183 Å². The fraction of sp³-hybridized carbons (Fsp3) is 0.417. The van der Waals surface area contributed by atoms with Crippen LogP contribution in [0.1, 0.15) is 42.5 Å². The van der Waals surface area contributed by atoms with Crippen molar-refractivity contribution in [2.24, 2.45) is 16.1 Å². The number of esters is 1. The quantitative estimate of drug-likeness (QED) is 0.478. The molecule has 3 rings (SSSR count). The number of anilines is 1. The summed E-state index contributed by atoms with van der Waals surface area (Å²) >= 11 is 0. The van der Waals surface area contributed by atoms with Crippen LogP contribution >= 0.6 is 0 Å². The normalized spacial score (nSPS) is 14.4. The number of nitrogens with zero attached hydrogens (tertiary/aromatic N) is 3. The van der Waals surface area contributed by atoms with Crippen LogP contribution in [0.4, 0.5) is 17.1 Å². The number of amides is 1. The third-order valence-electron chi connectivity index (χ3n) is 5.41. The first-order valence-corrected chi connectivity index (χ1v) is 10.7. The second-order valence-electron chi connectivity index (χ2n) is 8.01. The van der Waals surface area contributed by atoms with Crippen LogP contribution in [0, 0.1) is 5.92 Å². The number of nitrogens with one attached hydrogen (secondary N) is 1. The van der Waals surface area contributed by atoms with E-state index in [1.807, 2.05) is 43.3 Å². The van der Waals surface area contributed by atoms with Crippen molar-refractivity contribution < 1.29 is 14.3 Å². The van der Waals surface area contributed by atoms with Crippen LogP contribution in [0.2, 0.25) is 0 Å². The molecule has 0 atom stereocenters. The van der Waals surface area contributed by atoms with Crippen LogP contribution in [-0.4, -0.2) is 39.1 Å². The standard InChI is InChI=1S/C24H30N4O3/c1-28(2)20-14-12-19(13-15-20)26-27-22-11-7-6-10-21(22)24(30)31-17-23(29)25-16-18-8-4-3-5-9-18/h6-7,10-15,18H,3-5,8-9,16-17H2,1-2H3,(H,25,29). The number of hydrogen-bond donors (Lipinski definition) is 1. The lowest BCUT2D eigenvalue weighted by Crippen LogP contribution is -2.33. The van der Waals surface area contributed by atoms with Gasteiger partial charge in [-0.05, 0) is 55.2 Å². The first-order chi connectivity index (χ1) is 15.0. The highest BCUT2D eigenvalue weighted by atomic mass is 16.5. The van der Waals surface area contributed by atoms with E-state index in [4.69, 9.17) is 4.74 Å². The molecule has 1 N–H and O–H groups in total. The van der Waals surface area contributed by atoms with Crippen molar-refractivity contribution in [3.63, 3.8) is 0 Å². The van der Waals surface area contributed by atoms with Gasteiger partial charge in [0.15, 0.2) is 6.61 Å². The van der Waals surface area contributed by atoms with Gasteiger partial charge in [0.25, 0.3) is 5.91 Å². The minimum atomic E-state index is -0.592. The molecule has 31 heavy (non-hydrogen) atoms. The van der Waals surface area contributed by atoms with E-state index < -0.39 is 5.97 Å². The average molecular weight is 423 g/mol. The molecule has 1 saturated carbocycles. The Morgan fingerprint density at radius 2 is 1.71 bits per heavy atom. The Balaban J connectivity index is 1.54. The zero-order chi connectivity index (χ0) is 22.1. The molecule has 0 unspecified atom stereocenters. The van der Waals surface area contributed by atoms with E-state index in [0.29, 0.717) is 23.8 Å². The summed E-state index contributed by atoms with van der Waals surface area (Å²) in [6, 6.07) is 14.4. The van der Waals surface area contributed by atoms with Crippen LogP contribution in [0.3, 0.4) is 0 Å². The van der Waals surface area contributed by atoms with E-state index in [-0.39, 0.29) is 18.1 Å². The average Bonchev–Trinajstić information content (AvgIpc) is 2.81. The molecule has 0 heterocycles. The molecule has 2 aromatic rings. The molecule has 2 aromatic carbocycles. The molecule has 7 heteroatoms. The molecule has 1 fully saturated rings. The number of hydrogen-bond acceptors (Lipinski definition) is 6. The first kappa shape index (κ1) is 22.5. The van der Waals surface area contributed by atoms with E-state index in [1.54, 1.807) is 24.3 Å². The van der Waals surface area contributed by atoms with Gasteiger partial charge >= 0.3 is 5.97 Å². The third-order valence-corrected chi connectivity index (χ3v) is 5.41. The molecule has 0 saturated heterocycles. The van der Waals surface area contributed by atoms with Gasteiger partial charge in [-0.1, -0.05) is 31.4 Å². The molecule has 1 aliphatic carbocycles. The van der Waals surface area contributed by atoms with E-state index in [1.165, 1.54) is 19.3 Å². The van der Waals surface area contributed by atoms with Gasteiger partial charge in [0.1, 0.15) is 5.69 Å². The summed E-state index contributed by atoms with van der Waals surface area (Å²) in [7, 11) is 3.93. The molecule has 0 aliphatic heterocycles. The molecule has 0 bridgehead atoms. The highest BCUT2D eigenvalue weighted by Crippen LogP contribution is 2.25. The number of ether oxygens (including phenoxy) is 1. The van der Waals surface area contributed by atoms with Crippen LogP contribution < -0.4 is 10.2 Å². The Morgan fingerprint density at radius 3 is 2.42 bits per heavy atom. The zero-order valence-corrected chi connectivity index (χ0v) is 18.2. The molecular formula is C24H30N4O3. The van der Waals surface area contributed by atoms with Gasteiger partial charge in [0.2, 0.25) is 0 Å². The maximum Gasteiger partial charge on any atom is 0.340 e. The molecule has 0 aromatic heterocycles. The van der Waals surface area contributed by atoms with E-state index >= 15 is 0 Å². The predicted molar refractivity (Wildman–Crippen MR) is 121 cm³/mol. The third kappa shape index (κ3) is 6.91.